The minimum Gasteiger partial charge on any atom is -0.352 e. The number of likely N-dealkylation sites (tertiary alicyclic amines) is 1. The number of aryl methyl sites for hydroxylation is 1. The number of nitrogens with one attached hydrogen (secondary N) is 1. The third-order valence-electron chi connectivity index (χ3n) is 8.17. The van der Waals surface area contributed by atoms with Crippen LogP contribution < -0.4 is 10.2 Å². The number of hydrogen-bond donors (Lipinski definition) is 1. The summed E-state index contributed by atoms with van der Waals surface area (Å²) < 4.78 is 41.8. The molecule has 0 atom stereocenters. The van der Waals surface area contributed by atoms with Crippen molar-refractivity contribution in [2.45, 2.75) is 63.8 Å². The molecular formula is C30H32F3N7OS2. The molecule has 1 N–H and O–H groups in total. The van der Waals surface area contributed by atoms with Gasteiger partial charge >= 0.3 is 0 Å². The van der Waals surface area contributed by atoms with E-state index in [1.807, 2.05) is 6.92 Å². The van der Waals surface area contributed by atoms with Crippen LogP contribution in [0.5, 0.6) is 0 Å². The molecule has 1 aliphatic carbocycles. The predicted molar refractivity (Wildman–Crippen MR) is 162 cm³/mol. The summed E-state index contributed by atoms with van der Waals surface area (Å²) in [6, 6.07) is 7.85. The van der Waals surface area contributed by atoms with Crippen molar-refractivity contribution in [3.8, 4) is 17.3 Å². The standard InChI is InChI=1S/C30H32F3N7OS2/c1-3-22-27(39(4-2)29-37-26(23(15-34)42-29)19-5-7-20(31)8-6-19)40-16-24(43-28(40)36-22)18-9-11-38(12-10-18)17-25(41)35-21-13-30(32,33)14-21/h5-8,16,18,21H,3-4,9-14,17H2,1-2H3,(H,35,41). The molecule has 2 aliphatic rings. The summed E-state index contributed by atoms with van der Waals surface area (Å²) in [5.74, 6) is -1.91. The number of thiazole rings is 2. The van der Waals surface area contributed by atoms with Crippen molar-refractivity contribution < 1.29 is 18.0 Å². The number of hydrogen-bond acceptors (Lipinski definition) is 8. The fourth-order valence-corrected chi connectivity index (χ4v) is 8.02. The number of carbonyl (C=O) groups is 1. The monoisotopic (exact) mass is 627 g/mol. The largest absolute Gasteiger partial charge is 0.352 e. The highest BCUT2D eigenvalue weighted by atomic mass is 32.1. The van der Waals surface area contributed by atoms with Crippen LogP contribution in [-0.4, -0.2) is 63.3 Å². The number of imidazole rings is 1. The van der Waals surface area contributed by atoms with Crippen molar-refractivity contribution in [1.82, 2.24) is 24.6 Å². The van der Waals surface area contributed by atoms with Crippen molar-refractivity contribution in [2.75, 3.05) is 31.1 Å². The molecule has 6 rings (SSSR count). The topological polar surface area (TPSA) is 89.6 Å². The lowest BCUT2D eigenvalue weighted by atomic mass is 9.88. The van der Waals surface area contributed by atoms with Gasteiger partial charge in [0.25, 0.3) is 5.92 Å². The maximum absolute atomic E-state index is 13.5. The molecule has 4 aromatic rings. The molecule has 1 saturated heterocycles. The Morgan fingerprint density at radius 3 is 2.51 bits per heavy atom. The van der Waals surface area contributed by atoms with Gasteiger partial charge in [-0.3, -0.25) is 14.1 Å². The lowest BCUT2D eigenvalue weighted by Crippen LogP contribution is -2.53. The van der Waals surface area contributed by atoms with Crippen LogP contribution in [0.15, 0.2) is 30.5 Å². The zero-order valence-electron chi connectivity index (χ0n) is 23.9. The number of alkyl halides is 2. The van der Waals surface area contributed by atoms with Crippen LogP contribution in [-0.2, 0) is 11.2 Å². The fraction of sp³-hybridized carbons (Fsp3) is 0.467. The van der Waals surface area contributed by atoms with Crippen LogP contribution in [0.1, 0.15) is 60.9 Å². The number of carbonyl (C=O) groups excluding carboxylic acids is 1. The second-order valence-electron chi connectivity index (χ2n) is 11.1. The van der Waals surface area contributed by atoms with Gasteiger partial charge in [-0.05, 0) is 69.5 Å². The molecule has 0 bridgehead atoms. The van der Waals surface area contributed by atoms with Gasteiger partial charge in [0.15, 0.2) is 10.1 Å². The average molecular weight is 628 g/mol. The number of anilines is 2. The van der Waals surface area contributed by atoms with E-state index in [1.165, 1.54) is 28.3 Å². The number of amides is 1. The van der Waals surface area contributed by atoms with Crippen molar-refractivity contribution in [3.63, 3.8) is 0 Å². The molecule has 1 amide bonds. The molecule has 226 valence electrons. The van der Waals surface area contributed by atoms with Crippen LogP contribution in [0.2, 0.25) is 0 Å². The summed E-state index contributed by atoms with van der Waals surface area (Å²) in [4.78, 5) is 28.9. The van der Waals surface area contributed by atoms with Gasteiger partial charge in [-0.2, -0.15) is 5.26 Å². The maximum Gasteiger partial charge on any atom is 0.252 e. The van der Waals surface area contributed by atoms with Gasteiger partial charge in [0.05, 0.1) is 12.2 Å². The van der Waals surface area contributed by atoms with Crippen LogP contribution in [0.25, 0.3) is 16.2 Å². The van der Waals surface area contributed by atoms with Crippen molar-refractivity contribution in [3.05, 3.63) is 51.7 Å². The molecule has 2 fully saturated rings. The Bertz CT molecular complexity index is 1660. The number of nitriles is 1. The third-order valence-corrected chi connectivity index (χ3v) is 10.3. The van der Waals surface area contributed by atoms with E-state index in [9.17, 15) is 23.2 Å². The average Bonchev–Trinajstić information content (AvgIpc) is 3.67. The zero-order chi connectivity index (χ0) is 30.3. The second kappa shape index (κ2) is 11.9. The third kappa shape index (κ3) is 6.01. The minimum absolute atomic E-state index is 0.186. The summed E-state index contributed by atoms with van der Waals surface area (Å²) >= 11 is 2.99. The van der Waals surface area contributed by atoms with Gasteiger partial charge < -0.3 is 10.2 Å². The molecule has 1 aromatic carbocycles. The van der Waals surface area contributed by atoms with Gasteiger partial charge in [-0.25, -0.2) is 23.1 Å². The van der Waals surface area contributed by atoms with Crippen LogP contribution in [0.4, 0.5) is 24.1 Å². The first-order valence-electron chi connectivity index (χ1n) is 14.5. The Hall–Kier alpha value is -3.47. The highest BCUT2D eigenvalue weighted by Gasteiger charge is 2.46. The molecule has 4 heterocycles. The van der Waals surface area contributed by atoms with Crippen molar-refractivity contribution in [2.24, 2.45) is 0 Å². The summed E-state index contributed by atoms with van der Waals surface area (Å²) in [5, 5.41) is 13.3. The summed E-state index contributed by atoms with van der Waals surface area (Å²) in [6.07, 6.45) is 4.14. The van der Waals surface area contributed by atoms with Gasteiger partial charge in [0.1, 0.15) is 28.3 Å². The van der Waals surface area contributed by atoms with Crippen LogP contribution >= 0.6 is 22.7 Å². The van der Waals surface area contributed by atoms with Crippen LogP contribution in [0, 0.1) is 17.1 Å². The Balaban J connectivity index is 1.18. The second-order valence-corrected chi connectivity index (χ2v) is 13.2. The van der Waals surface area contributed by atoms with Gasteiger partial charge in [0, 0.05) is 42.1 Å². The molecule has 1 saturated carbocycles. The first kappa shape index (κ1) is 29.6. The number of rotatable bonds is 9. The smallest absolute Gasteiger partial charge is 0.252 e. The first-order valence-corrected chi connectivity index (χ1v) is 16.2. The Labute approximate surface area is 255 Å². The summed E-state index contributed by atoms with van der Waals surface area (Å²) in [7, 11) is 0. The Morgan fingerprint density at radius 2 is 1.88 bits per heavy atom. The predicted octanol–water partition coefficient (Wildman–Crippen LogP) is 6.34. The van der Waals surface area contributed by atoms with E-state index in [1.54, 1.807) is 23.5 Å². The number of fused-ring (bicyclic) bond motifs is 1. The van der Waals surface area contributed by atoms with Gasteiger partial charge in [-0.1, -0.05) is 18.3 Å². The number of piperidine rings is 1. The molecular weight excluding hydrogens is 596 g/mol. The van der Waals surface area contributed by atoms with E-state index in [4.69, 9.17) is 9.97 Å². The molecule has 0 spiro atoms. The van der Waals surface area contributed by atoms with E-state index >= 15 is 0 Å². The number of nitrogens with zero attached hydrogens (tertiary/aromatic N) is 6. The highest BCUT2D eigenvalue weighted by Crippen LogP contribution is 2.41. The van der Waals surface area contributed by atoms with Gasteiger partial charge in [0.2, 0.25) is 5.91 Å². The first-order chi connectivity index (χ1) is 20.7. The van der Waals surface area contributed by atoms with E-state index in [0.29, 0.717) is 33.7 Å². The minimum atomic E-state index is -2.64. The molecule has 1 aliphatic heterocycles. The van der Waals surface area contributed by atoms with E-state index < -0.39 is 12.0 Å². The number of aromatic nitrogens is 3. The molecule has 13 heteroatoms. The van der Waals surface area contributed by atoms with Crippen LogP contribution in [0.3, 0.4) is 0 Å². The lowest BCUT2D eigenvalue weighted by molar-refractivity contribution is -0.130. The maximum atomic E-state index is 13.5. The Kier molecular flexibility index (Phi) is 8.19. The molecule has 3 aromatic heterocycles. The normalized spacial score (nSPS) is 17.6. The highest BCUT2D eigenvalue weighted by molar-refractivity contribution is 7.17. The van der Waals surface area contributed by atoms with Crippen molar-refractivity contribution in [1.29, 1.82) is 5.26 Å². The van der Waals surface area contributed by atoms with E-state index in [2.05, 4.69) is 38.7 Å². The van der Waals surface area contributed by atoms with E-state index in [0.717, 1.165) is 48.8 Å². The molecule has 0 radical (unpaired) electrons. The summed E-state index contributed by atoms with van der Waals surface area (Å²) in [5.41, 5.74) is 2.18. The lowest BCUT2D eigenvalue weighted by Gasteiger charge is -2.36. The van der Waals surface area contributed by atoms with Crippen molar-refractivity contribution >= 4 is 44.5 Å². The Morgan fingerprint density at radius 1 is 1.16 bits per heavy atom. The summed E-state index contributed by atoms with van der Waals surface area (Å²) in [6.45, 7) is 6.48. The zero-order valence-corrected chi connectivity index (χ0v) is 25.6. The van der Waals surface area contributed by atoms with E-state index in [-0.39, 0.29) is 31.1 Å². The number of benzene rings is 1. The quantitative estimate of drug-likeness (QED) is 0.233. The SMILES string of the molecule is CCc1nc2sc(C3CCN(CC(=O)NC4CC(F)(F)C4)CC3)cn2c1N(CC)c1nc(-c2ccc(F)cc2)c(C#N)s1. The number of halogens is 3. The molecule has 8 nitrogen and oxygen atoms in total. The fourth-order valence-electron chi connectivity index (χ4n) is 5.90. The van der Waals surface area contributed by atoms with Gasteiger partial charge in [-0.15, -0.1) is 11.3 Å². The molecule has 43 heavy (non-hydrogen) atoms. The molecule has 0 unspecified atom stereocenters.